The third-order valence-electron chi connectivity index (χ3n) is 2.97. The number of benzene rings is 1. The smallest absolute Gasteiger partial charge is 0.310 e. The van der Waals surface area contributed by atoms with Gasteiger partial charge in [0.05, 0.1) is 6.54 Å². The van der Waals surface area contributed by atoms with Crippen LogP contribution in [0.25, 0.3) is 0 Å². The van der Waals surface area contributed by atoms with Crippen molar-refractivity contribution in [2.45, 2.75) is 25.6 Å². The largest absolute Gasteiger partial charge is 0.401 e. The summed E-state index contributed by atoms with van der Waals surface area (Å²) in [6, 6.07) is 7.42. The van der Waals surface area contributed by atoms with Crippen molar-refractivity contribution in [1.82, 2.24) is 10.2 Å². The van der Waals surface area contributed by atoms with E-state index in [0.29, 0.717) is 18.0 Å². The first-order valence-corrected chi connectivity index (χ1v) is 6.93. The highest BCUT2D eigenvalue weighted by Gasteiger charge is 2.29. The highest BCUT2D eigenvalue weighted by Crippen LogP contribution is 2.21. The molecule has 1 rings (SSSR count). The first-order valence-electron chi connectivity index (χ1n) is 6.56. The number of hydrogen-bond acceptors (Lipinski definition) is 2. The van der Waals surface area contributed by atoms with Gasteiger partial charge in [0.1, 0.15) is 0 Å². The van der Waals surface area contributed by atoms with Crippen molar-refractivity contribution in [1.29, 1.82) is 0 Å². The van der Waals surface area contributed by atoms with E-state index in [-0.39, 0.29) is 6.04 Å². The van der Waals surface area contributed by atoms with Gasteiger partial charge in [-0.05, 0) is 44.3 Å². The molecule has 1 N–H and O–H groups in total. The summed E-state index contributed by atoms with van der Waals surface area (Å²) in [6.45, 7) is 2.23. The Kier molecular flexibility index (Phi) is 6.79. The van der Waals surface area contributed by atoms with E-state index in [2.05, 4.69) is 5.32 Å². The molecule has 0 spiro atoms. The van der Waals surface area contributed by atoms with E-state index < -0.39 is 12.7 Å². The Labute approximate surface area is 122 Å². The second-order valence-electron chi connectivity index (χ2n) is 4.80. The fourth-order valence-corrected chi connectivity index (χ4v) is 2.19. The molecule has 0 aromatic heterocycles. The van der Waals surface area contributed by atoms with Crippen molar-refractivity contribution in [3.8, 4) is 0 Å². The number of hydrogen-bond donors (Lipinski definition) is 1. The molecule has 0 saturated carbocycles. The van der Waals surface area contributed by atoms with Crippen LogP contribution in [0.4, 0.5) is 13.2 Å². The van der Waals surface area contributed by atoms with E-state index in [4.69, 9.17) is 11.6 Å². The Balaban J connectivity index is 2.57. The van der Waals surface area contributed by atoms with Crippen LogP contribution in [0.3, 0.4) is 0 Å². The molecule has 6 heteroatoms. The number of nitrogens with one attached hydrogen (secondary N) is 1. The highest BCUT2D eigenvalue weighted by atomic mass is 35.5. The highest BCUT2D eigenvalue weighted by molar-refractivity contribution is 6.30. The van der Waals surface area contributed by atoms with Gasteiger partial charge in [-0.2, -0.15) is 13.2 Å². The molecule has 20 heavy (non-hydrogen) atoms. The van der Waals surface area contributed by atoms with Crippen LogP contribution < -0.4 is 5.32 Å². The van der Waals surface area contributed by atoms with E-state index >= 15 is 0 Å². The van der Waals surface area contributed by atoms with Gasteiger partial charge in [0.25, 0.3) is 0 Å². The fraction of sp³-hybridized carbons (Fsp3) is 0.571. The standard InChI is InChI=1S/C14H20ClF3N2/c1-3-19-13(11-4-6-12(15)7-5-11)8-9-20(2)10-14(16,17)18/h4-7,13,19H,3,8-10H2,1-2H3. The van der Waals surface area contributed by atoms with Crippen molar-refractivity contribution in [3.63, 3.8) is 0 Å². The lowest BCUT2D eigenvalue weighted by molar-refractivity contribution is -0.143. The maximum Gasteiger partial charge on any atom is 0.401 e. The summed E-state index contributed by atoms with van der Waals surface area (Å²) >= 11 is 5.84. The molecule has 0 aliphatic heterocycles. The molecule has 1 unspecified atom stereocenters. The summed E-state index contributed by atoms with van der Waals surface area (Å²) in [5.41, 5.74) is 1.04. The molecule has 1 atom stereocenters. The molecular weight excluding hydrogens is 289 g/mol. The Bertz CT molecular complexity index is 392. The second-order valence-corrected chi connectivity index (χ2v) is 5.24. The Morgan fingerprint density at radius 1 is 1.25 bits per heavy atom. The van der Waals surface area contributed by atoms with Crippen LogP contribution in [-0.4, -0.2) is 37.8 Å². The minimum Gasteiger partial charge on any atom is -0.310 e. The molecule has 0 radical (unpaired) electrons. The molecule has 0 bridgehead atoms. The molecule has 0 fully saturated rings. The van der Waals surface area contributed by atoms with Crippen molar-refractivity contribution in [2.24, 2.45) is 0 Å². The average Bonchev–Trinajstić information content (AvgIpc) is 2.33. The molecule has 0 aliphatic carbocycles. The predicted octanol–water partition coefficient (Wildman–Crippen LogP) is 3.87. The molecule has 2 nitrogen and oxygen atoms in total. The first kappa shape index (κ1) is 17.3. The molecule has 0 aliphatic rings. The maximum absolute atomic E-state index is 12.3. The van der Waals surface area contributed by atoms with Gasteiger partial charge in [0, 0.05) is 11.1 Å². The number of rotatable bonds is 7. The van der Waals surface area contributed by atoms with Gasteiger partial charge in [0.15, 0.2) is 0 Å². The minimum atomic E-state index is -4.15. The lowest BCUT2D eigenvalue weighted by Crippen LogP contribution is -2.33. The zero-order valence-electron chi connectivity index (χ0n) is 11.7. The molecule has 114 valence electrons. The van der Waals surface area contributed by atoms with E-state index in [1.165, 1.54) is 11.9 Å². The minimum absolute atomic E-state index is 0.0351. The van der Waals surface area contributed by atoms with Gasteiger partial charge in [0.2, 0.25) is 0 Å². The second kappa shape index (κ2) is 7.86. The van der Waals surface area contributed by atoms with Gasteiger partial charge in [-0.15, -0.1) is 0 Å². The van der Waals surface area contributed by atoms with E-state index in [0.717, 1.165) is 12.1 Å². The molecule has 1 aromatic carbocycles. The number of halogens is 4. The zero-order chi connectivity index (χ0) is 15.2. The monoisotopic (exact) mass is 308 g/mol. The predicted molar refractivity (Wildman–Crippen MR) is 76.0 cm³/mol. The van der Waals surface area contributed by atoms with Gasteiger partial charge in [-0.1, -0.05) is 30.7 Å². The Hall–Kier alpha value is -0.780. The van der Waals surface area contributed by atoms with Crippen molar-refractivity contribution in [2.75, 3.05) is 26.7 Å². The van der Waals surface area contributed by atoms with Crippen LogP contribution in [0.15, 0.2) is 24.3 Å². The molecular formula is C14H20ClF3N2. The van der Waals surface area contributed by atoms with Crippen molar-refractivity contribution in [3.05, 3.63) is 34.9 Å². The average molecular weight is 309 g/mol. The van der Waals surface area contributed by atoms with E-state index in [1.54, 1.807) is 12.1 Å². The summed E-state index contributed by atoms with van der Waals surface area (Å²) in [6.07, 6.45) is -3.54. The molecule has 0 saturated heterocycles. The summed E-state index contributed by atoms with van der Waals surface area (Å²) in [5.74, 6) is 0. The molecule has 0 heterocycles. The van der Waals surface area contributed by atoms with Crippen LogP contribution in [-0.2, 0) is 0 Å². The maximum atomic E-state index is 12.3. The molecule has 1 aromatic rings. The van der Waals surface area contributed by atoms with Crippen LogP contribution >= 0.6 is 11.6 Å². The lowest BCUT2D eigenvalue weighted by Gasteiger charge is -2.23. The summed E-state index contributed by atoms with van der Waals surface area (Å²) in [5, 5.41) is 3.94. The Morgan fingerprint density at radius 3 is 2.35 bits per heavy atom. The summed E-state index contributed by atoms with van der Waals surface area (Å²) in [7, 11) is 1.48. The SMILES string of the molecule is CCNC(CCN(C)CC(F)(F)F)c1ccc(Cl)cc1. The van der Waals surface area contributed by atoms with Gasteiger partial charge < -0.3 is 5.32 Å². The van der Waals surface area contributed by atoms with E-state index in [1.807, 2.05) is 19.1 Å². The quantitative estimate of drug-likeness (QED) is 0.822. The van der Waals surface area contributed by atoms with Gasteiger partial charge >= 0.3 is 6.18 Å². The van der Waals surface area contributed by atoms with Crippen molar-refractivity contribution < 1.29 is 13.2 Å². The van der Waals surface area contributed by atoms with Gasteiger partial charge in [-0.3, -0.25) is 4.90 Å². The summed E-state index contributed by atoms with van der Waals surface area (Å²) < 4.78 is 36.8. The fourth-order valence-electron chi connectivity index (χ4n) is 2.06. The third kappa shape index (κ3) is 6.59. The Morgan fingerprint density at radius 2 is 1.85 bits per heavy atom. The van der Waals surface area contributed by atoms with Gasteiger partial charge in [-0.25, -0.2) is 0 Å². The van der Waals surface area contributed by atoms with Crippen molar-refractivity contribution >= 4 is 11.6 Å². The molecule has 0 amide bonds. The number of alkyl halides is 3. The third-order valence-corrected chi connectivity index (χ3v) is 3.22. The topological polar surface area (TPSA) is 15.3 Å². The van der Waals surface area contributed by atoms with Crippen LogP contribution in [0.5, 0.6) is 0 Å². The lowest BCUT2D eigenvalue weighted by atomic mass is 10.0. The first-order chi connectivity index (χ1) is 9.31. The summed E-state index contributed by atoms with van der Waals surface area (Å²) in [4.78, 5) is 1.29. The number of nitrogens with zero attached hydrogens (tertiary/aromatic N) is 1. The zero-order valence-corrected chi connectivity index (χ0v) is 12.4. The van der Waals surface area contributed by atoms with Crippen LogP contribution in [0, 0.1) is 0 Å². The normalized spacial score (nSPS) is 13.8. The van der Waals surface area contributed by atoms with Crippen LogP contribution in [0.2, 0.25) is 5.02 Å². The van der Waals surface area contributed by atoms with E-state index in [9.17, 15) is 13.2 Å². The van der Waals surface area contributed by atoms with Crippen LogP contribution in [0.1, 0.15) is 24.9 Å².